The maximum atomic E-state index is 11.8. The Balaban J connectivity index is 2.72. The zero-order valence-corrected chi connectivity index (χ0v) is 12.1. The molecule has 112 valence electrons. The Hall–Kier alpha value is -2.75. The van der Waals surface area contributed by atoms with Gasteiger partial charge in [0.2, 0.25) is 0 Å². The smallest absolute Gasteiger partial charge is 0.319 e. The van der Waals surface area contributed by atoms with Gasteiger partial charge in [-0.15, -0.1) is 0 Å². The predicted octanol–water partition coefficient (Wildman–Crippen LogP) is 1.80. The molecular formula is C14H17N3O4. The Labute approximate surface area is 122 Å². The van der Waals surface area contributed by atoms with Crippen LogP contribution in [0, 0.1) is 16.7 Å². The number of benzene rings is 1. The van der Waals surface area contributed by atoms with Crippen LogP contribution < -0.4 is 15.4 Å². The highest BCUT2D eigenvalue weighted by molar-refractivity contribution is 5.91. The molecule has 0 fully saturated rings. The number of hydrogen-bond donors (Lipinski definition) is 3. The summed E-state index contributed by atoms with van der Waals surface area (Å²) >= 11 is 0. The van der Waals surface area contributed by atoms with Gasteiger partial charge in [0.1, 0.15) is 5.75 Å². The van der Waals surface area contributed by atoms with Gasteiger partial charge in [0.15, 0.2) is 0 Å². The van der Waals surface area contributed by atoms with Crippen LogP contribution in [-0.4, -0.2) is 30.8 Å². The molecule has 0 atom stereocenters. The number of hydrogen-bond acceptors (Lipinski definition) is 4. The Morgan fingerprint density at radius 2 is 2.10 bits per heavy atom. The van der Waals surface area contributed by atoms with E-state index in [2.05, 4.69) is 10.6 Å². The summed E-state index contributed by atoms with van der Waals surface area (Å²) < 4.78 is 5.08. The van der Waals surface area contributed by atoms with Crippen molar-refractivity contribution in [3.63, 3.8) is 0 Å². The molecule has 0 unspecified atom stereocenters. The summed E-state index contributed by atoms with van der Waals surface area (Å²) in [5.41, 5.74) is -0.265. The van der Waals surface area contributed by atoms with Gasteiger partial charge < -0.3 is 20.5 Å². The predicted molar refractivity (Wildman–Crippen MR) is 76.1 cm³/mol. The number of carbonyl (C=O) groups is 2. The summed E-state index contributed by atoms with van der Waals surface area (Å²) in [5.74, 6) is -0.652. The number of aliphatic carboxylic acids is 1. The Bertz CT molecular complexity index is 590. The van der Waals surface area contributed by atoms with E-state index in [0.717, 1.165) is 0 Å². The van der Waals surface area contributed by atoms with Crippen LogP contribution in [0.25, 0.3) is 0 Å². The fraction of sp³-hybridized carbons (Fsp3) is 0.357. The fourth-order valence-corrected chi connectivity index (χ4v) is 1.41. The lowest BCUT2D eigenvalue weighted by atomic mass is 9.94. The molecule has 7 heteroatoms. The highest BCUT2D eigenvalue weighted by Crippen LogP contribution is 2.25. The number of carboxylic acids is 1. The van der Waals surface area contributed by atoms with Crippen molar-refractivity contribution in [3.05, 3.63) is 23.8 Å². The molecular weight excluding hydrogens is 274 g/mol. The minimum atomic E-state index is -1.06. The van der Waals surface area contributed by atoms with E-state index in [-0.39, 0.29) is 6.54 Å². The number of nitrogens with zero attached hydrogens (tertiary/aromatic N) is 1. The van der Waals surface area contributed by atoms with E-state index in [1.54, 1.807) is 12.1 Å². The van der Waals surface area contributed by atoms with Crippen LogP contribution in [0.15, 0.2) is 18.2 Å². The van der Waals surface area contributed by atoms with Crippen molar-refractivity contribution in [1.82, 2.24) is 5.32 Å². The van der Waals surface area contributed by atoms with Gasteiger partial charge in [-0.2, -0.15) is 5.26 Å². The maximum Gasteiger partial charge on any atom is 0.319 e. The minimum Gasteiger partial charge on any atom is -0.495 e. The Morgan fingerprint density at radius 3 is 2.62 bits per heavy atom. The number of nitrogens with one attached hydrogen (secondary N) is 2. The second kappa shape index (κ2) is 6.61. The molecule has 0 heterocycles. The highest BCUT2D eigenvalue weighted by atomic mass is 16.5. The first-order valence-corrected chi connectivity index (χ1v) is 6.16. The van der Waals surface area contributed by atoms with Crippen molar-refractivity contribution >= 4 is 17.7 Å². The molecule has 21 heavy (non-hydrogen) atoms. The van der Waals surface area contributed by atoms with Crippen molar-refractivity contribution in [2.75, 3.05) is 19.0 Å². The van der Waals surface area contributed by atoms with Gasteiger partial charge in [-0.1, -0.05) is 0 Å². The third kappa shape index (κ3) is 4.38. The standard InChI is InChI=1S/C14H17N3O4/c1-14(2,12(18)19)8-16-13(20)17-10-5-4-9(7-15)6-11(10)21-3/h4-6H,8H2,1-3H3,(H,18,19)(H2,16,17,20). The molecule has 7 nitrogen and oxygen atoms in total. The average Bonchev–Trinajstić information content (AvgIpc) is 2.45. The molecule has 0 aliphatic carbocycles. The van der Waals surface area contributed by atoms with Gasteiger partial charge in [-0.25, -0.2) is 4.79 Å². The first-order chi connectivity index (χ1) is 9.80. The van der Waals surface area contributed by atoms with Crippen LogP contribution in [0.2, 0.25) is 0 Å². The molecule has 0 aromatic heterocycles. The van der Waals surface area contributed by atoms with E-state index in [9.17, 15) is 9.59 Å². The molecule has 1 aromatic carbocycles. The molecule has 0 saturated carbocycles. The minimum absolute atomic E-state index is 0.0211. The molecule has 0 aliphatic rings. The Kier molecular flexibility index (Phi) is 5.13. The molecule has 2 amide bonds. The molecule has 0 spiro atoms. The summed E-state index contributed by atoms with van der Waals surface area (Å²) in [4.78, 5) is 22.7. The number of rotatable bonds is 5. The van der Waals surface area contributed by atoms with E-state index in [4.69, 9.17) is 15.1 Å². The topological polar surface area (TPSA) is 111 Å². The van der Waals surface area contributed by atoms with Gasteiger partial charge in [-0.3, -0.25) is 4.79 Å². The van der Waals surface area contributed by atoms with Gasteiger partial charge >= 0.3 is 12.0 Å². The van der Waals surface area contributed by atoms with Gasteiger partial charge in [-0.05, 0) is 26.0 Å². The normalized spacial score (nSPS) is 10.4. The maximum absolute atomic E-state index is 11.8. The number of carbonyl (C=O) groups excluding carboxylic acids is 1. The quantitative estimate of drug-likeness (QED) is 0.766. The van der Waals surface area contributed by atoms with Crippen LogP contribution in [0.3, 0.4) is 0 Å². The fourth-order valence-electron chi connectivity index (χ4n) is 1.41. The molecule has 0 saturated heterocycles. The Morgan fingerprint density at radius 1 is 1.43 bits per heavy atom. The van der Waals surface area contributed by atoms with Gasteiger partial charge in [0.25, 0.3) is 0 Å². The van der Waals surface area contributed by atoms with Crippen molar-refractivity contribution in [1.29, 1.82) is 5.26 Å². The number of amides is 2. The van der Waals surface area contributed by atoms with Crippen molar-refractivity contribution in [2.45, 2.75) is 13.8 Å². The third-order valence-corrected chi connectivity index (χ3v) is 2.85. The van der Waals surface area contributed by atoms with Crippen LogP contribution in [-0.2, 0) is 4.79 Å². The third-order valence-electron chi connectivity index (χ3n) is 2.85. The molecule has 1 rings (SSSR count). The SMILES string of the molecule is COc1cc(C#N)ccc1NC(=O)NCC(C)(C)C(=O)O. The van der Waals surface area contributed by atoms with Crippen molar-refractivity contribution in [2.24, 2.45) is 5.41 Å². The summed E-state index contributed by atoms with van der Waals surface area (Å²) in [6.45, 7) is 3.00. The number of methoxy groups -OCH3 is 1. The molecule has 3 N–H and O–H groups in total. The summed E-state index contributed by atoms with van der Waals surface area (Å²) in [6, 6.07) is 6.00. The number of ether oxygens (including phenoxy) is 1. The van der Waals surface area contributed by atoms with Gasteiger partial charge in [0.05, 0.1) is 29.8 Å². The lowest BCUT2D eigenvalue weighted by Gasteiger charge is -2.20. The highest BCUT2D eigenvalue weighted by Gasteiger charge is 2.27. The van der Waals surface area contributed by atoms with E-state index < -0.39 is 17.4 Å². The molecule has 0 bridgehead atoms. The largest absolute Gasteiger partial charge is 0.495 e. The van der Waals surface area contributed by atoms with Crippen molar-refractivity contribution in [3.8, 4) is 11.8 Å². The lowest BCUT2D eigenvalue weighted by molar-refractivity contribution is -0.146. The second-order valence-electron chi connectivity index (χ2n) is 5.02. The van der Waals surface area contributed by atoms with E-state index >= 15 is 0 Å². The van der Waals surface area contributed by atoms with E-state index in [1.165, 1.54) is 27.0 Å². The van der Waals surface area contributed by atoms with Crippen LogP contribution in [0.4, 0.5) is 10.5 Å². The van der Waals surface area contributed by atoms with Crippen LogP contribution in [0.5, 0.6) is 5.75 Å². The van der Waals surface area contributed by atoms with Crippen LogP contribution >= 0.6 is 0 Å². The molecule has 0 aliphatic heterocycles. The zero-order valence-electron chi connectivity index (χ0n) is 12.1. The van der Waals surface area contributed by atoms with Gasteiger partial charge in [0, 0.05) is 12.6 Å². The van der Waals surface area contributed by atoms with E-state index in [0.29, 0.717) is 17.0 Å². The lowest BCUT2D eigenvalue weighted by Crippen LogP contribution is -2.40. The number of nitriles is 1. The summed E-state index contributed by atoms with van der Waals surface area (Å²) in [5, 5.41) is 22.8. The van der Waals surface area contributed by atoms with Crippen molar-refractivity contribution < 1.29 is 19.4 Å². The first kappa shape index (κ1) is 16.3. The molecule has 1 aromatic rings. The monoisotopic (exact) mass is 291 g/mol. The van der Waals surface area contributed by atoms with E-state index in [1.807, 2.05) is 6.07 Å². The number of carboxylic acid groups (broad SMARTS) is 1. The number of anilines is 1. The first-order valence-electron chi connectivity index (χ1n) is 6.16. The molecule has 0 radical (unpaired) electrons. The zero-order chi connectivity index (χ0) is 16.0. The average molecular weight is 291 g/mol. The summed E-state index contributed by atoms with van der Waals surface area (Å²) in [6.07, 6.45) is 0. The summed E-state index contributed by atoms with van der Waals surface area (Å²) in [7, 11) is 1.42. The van der Waals surface area contributed by atoms with Crippen LogP contribution in [0.1, 0.15) is 19.4 Å². The number of urea groups is 1. The second-order valence-corrected chi connectivity index (χ2v) is 5.02.